The summed E-state index contributed by atoms with van der Waals surface area (Å²) in [7, 11) is 0. The van der Waals surface area contributed by atoms with E-state index in [4.69, 9.17) is 0 Å². The van der Waals surface area contributed by atoms with Crippen LogP contribution in [0, 0.1) is 19.8 Å². The number of nitrogens with zero attached hydrogens (tertiary/aromatic N) is 1. The minimum atomic E-state index is -0.283. The number of likely N-dealkylation sites (tertiary alicyclic amines) is 1. The van der Waals surface area contributed by atoms with Gasteiger partial charge in [-0.2, -0.15) is 0 Å². The molecule has 0 bridgehead atoms. The largest absolute Gasteiger partial charge is 0.325 e. The van der Waals surface area contributed by atoms with E-state index in [1.165, 1.54) is 0 Å². The molecule has 1 N–H and O–H groups in total. The van der Waals surface area contributed by atoms with E-state index in [0.29, 0.717) is 13.1 Å². The predicted molar refractivity (Wildman–Crippen MR) is 79.7 cm³/mol. The predicted octanol–water partition coefficient (Wildman–Crippen LogP) is 2.92. The lowest BCUT2D eigenvalue weighted by Crippen LogP contribution is -2.41. The molecule has 1 saturated heterocycles. The van der Waals surface area contributed by atoms with E-state index in [9.17, 15) is 9.18 Å². The van der Waals surface area contributed by atoms with Crippen molar-refractivity contribution in [1.82, 2.24) is 4.90 Å². The highest BCUT2D eigenvalue weighted by molar-refractivity contribution is 5.93. The maximum Gasteiger partial charge on any atom is 0.238 e. The van der Waals surface area contributed by atoms with E-state index in [2.05, 4.69) is 5.32 Å². The zero-order valence-electron chi connectivity index (χ0n) is 12.3. The third kappa shape index (κ3) is 4.04. The van der Waals surface area contributed by atoms with Crippen molar-refractivity contribution in [3.05, 3.63) is 29.3 Å². The van der Waals surface area contributed by atoms with Crippen molar-refractivity contribution in [2.75, 3.05) is 31.6 Å². The summed E-state index contributed by atoms with van der Waals surface area (Å²) in [6.45, 7) is 5.63. The van der Waals surface area contributed by atoms with Gasteiger partial charge in [0.25, 0.3) is 0 Å². The van der Waals surface area contributed by atoms with Crippen molar-refractivity contribution in [3.63, 3.8) is 0 Å². The van der Waals surface area contributed by atoms with Crippen LogP contribution >= 0.6 is 0 Å². The van der Waals surface area contributed by atoms with Crippen LogP contribution in [0.4, 0.5) is 10.1 Å². The van der Waals surface area contributed by atoms with Gasteiger partial charge in [0, 0.05) is 18.2 Å². The number of amides is 1. The van der Waals surface area contributed by atoms with Crippen molar-refractivity contribution in [2.24, 2.45) is 5.92 Å². The molecule has 0 radical (unpaired) electrons. The van der Waals surface area contributed by atoms with Gasteiger partial charge in [0.05, 0.1) is 13.2 Å². The van der Waals surface area contributed by atoms with Gasteiger partial charge in [-0.25, -0.2) is 0 Å². The number of rotatable bonds is 4. The van der Waals surface area contributed by atoms with Crippen LogP contribution in [-0.2, 0) is 4.79 Å². The Morgan fingerprint density at radius 3 is 3.00 bits per heavy atom. The Labute approximate surface area is 120 Å². The molecule has 1 aromatic carbocycles. The van der Waals surface area contributed by atoms with E-state index in [-0.39, 0.29) is 18.5 Å². The fourth-order valence-electron chi connectivity index (χ4n) is 2.68. The van der Waals surface area contributed by atoms with Crippen LogP contribution in [-0.4, -0.2) is 37.1 Å². The fraction of sp³-hybridized carbons (Fsp3) is 0.562. The highest BCUT2D eigenvalue weighted by atomic mass is 19.1. The maximum atomic E-state index is 12.7. The zero-order valence-corrected chi connectivity index (χ0v) is 12.3. The van der Waals surface area contributed by atoms with E-state index >= 15 is 0 Å². The quantitative estimate of drug-likeness (QED) is 0.918. The molecule has 1 aliphatic rings. The van der Waals surface area contributed by atoms with Crippen molar-refractivity contribution in [1.29, 1.82) is 0 Å². The van der Waals surface area contributed by atoms with E-state index < -0.39 is 0 Å². The zero-order chi connectivity index (χ0) is 14.5. The Morgan fingerprint density at radius 2 is 2.25 bits per heavy atom. The van der Waals surface area contributed by atoms with Crippen LogP contribution in [0.25, 0.3) is 0 Å². The molecule has 1 unspecified atom stereocenters. The van der Waals surface area contributed by atoms with Gasteiger partial charge in [0.15, 0.2) is 0 Å². The topological polar surface area (TPSA) is 32.3 Å². The first-order valence-electron chi connectivity index (χ1n) is 7.24. The molecule has 3 nitrogen and oxygen atoms in total. The van der Waals surface area contributed by atoms with Gasteiger partial charge in [-0.3, -0.25) is 14.1 Å². The number of alkyl halides is 1. The van der Waals surface area contributed by atoms with Crippen LogP contribution in [0.15, 0.2) is 18.2 Å². The fourth-order valence-corrected chi connectivity index (χ4v) is 2.68. The van der Waals surface area contributed by atoms with Gasteiger partial charge in [-0.15, -0.1) is 0 Å². The van der Waals surface area contributed by atoms with Crippen molar-refractivity contribution >= 4 is 11.6 Å². The summed E-state index contributed by atoms with van der Waals surface area (Å²) in [4.78, 5) is 14.1. The normalized spacial score (nSPS) is 19.9. The first-order chi connectivity index (χ1) is 9.58. The Kier molecular flexibility index (Phi) is 5.12. The second-order valence-corrected chi connectivity index (χ2v) is 5.76. The average Bonchev–Trinajstić information content (AvgIpc) is 2.43. The lowest BCUT2D eigenvalue weighted by Gasteiger charge is -2.30. The second-order valence-electron chi connectivity index (χ2n) is 5.76. The van der Waals surface area contributed by atoms with E-state index in [1.54, 1.807) is 0 Å². The van der Waals surface area contributed by atoms with Crippen molar-refractivity contribution in [2.45, 2.75) is 26.7 Å². The molecular weight excluding hydrogens is 255 g/mol. The third-order valence-corrected chi connectivity index (χ3v) is 3.86. The summed E-state index contributed by atoms with van der Waals surface area (Å²) in [5.41, 5.74) is 3.06. The molecule has 1 atom stereocenters. The molecule has 4 heteroatoms. The minimum Gasteiger partial charge on any atom is -0.325 e. The standard InChI is InChI=1S/C16H23FN2O/c1-12-5-6-13(2)15(8-12)18-16(20)11-19-7-3-4-14(9-17)10-19/h5-6,8,14H,3-4,7,9-11H2,1-2H3,(H,18,20). The first kappa shape index (κ1) is 15.0. The number of carbonyl (C=O) groups is 1. The van der Waals surface area contributed by atoms with Gasteiger partial charge in [0.1, 0.15) is 0 Å². The molecule has 0 aliphatic carbocycles. The van der Waals surface area contributed by atoms with E-state index in [0.717, 1.165) is 36.2 Å². The van der Waals surface area contributed by atoms with Crippen LogP contribution < -0.4 is 5.32 Å². The Hall–Kier alpha value is -1.42. The molecule has 0 aromatic heterocycles. The number of piperidine rings is 1. The molecule has 1 aromatic rings. The lowest BCUT2D eigenvalue weighted by atomic mass is 9.99. The number of benzene rings is 1. The Balaban J connectivity index is 1.90. The molecule has 2 rings (SSSR count). The molecule has 20 heavy (non-hydrogen) atoms. The molecule has 110 valence electrons. The van der Waals surface area contributed by atoms with Gasteiger partial charge < -0.3 is 5.32 Å². The smallest absolute Gasteiger partial charge is 0.238 e. The summed E-state index contributed by atoms with van der Waals surface area (Å²) in [5.74, 6) is 0.0791. The van der Waals surface area contributed by atoms with E-state index in [1.807, 2.05) is 36.9 Å². The monoisotopic (exact) mass is 278 g/mol. The van der Waals surface area contributed by atoms with Crippen LogP contribution in [0.5, 0.6) is 0 Å². The van der Waals surface area contributed by atoms with Crippen molar-refractivity contribution < 1.29 is 9.18 Å². The number of halogens is 1. The molecule has 0 spiro atoms. The van der Waals surface area contributed by atoms with Crippen LogP contribution in [0.1, 0.15) is 24.0 Å². The molecule has 0 saturated carbocycles. The first-order valence-corrected chi connectivity index (χ1v) is 7.24. The van der Waals surface area contributed by atoms with Crippen LogP contribution in [0.2, 0.25) is 0 Å². The number of hydrogen-bond acceptors (Lipinski definition) is 2. The number of hydrogen-bond donors (Lipinski definition) is 1. The van der Waals surface area contributed by atoms with Gasteiger partial charge in [0.2, 0.25) is 5.91 Å². The van der Waals surface area contributed by atoms with Gasteiger partial charge >= 0.3 is 0 Å². The highest BCUT2D eigenvalue weighted by Crippen LogP contribution is 2.18. The summed E-state index contributed by atoms with van der Waals surface area (Å²) >= 11 is 0. The van der Waals surface area contributed by atoms with Gasteiger partial charge in [-0.05, 0) is 50.4 Å². The Bertz CT molecular complexity index is 476. The lowest BCUT2D eigenvalue weighted by molar-refractivity contribution is -0.117. The van der Waals surface area contributed by atoms with Crippen molar-refractivity contribution in [3.8, 4) is 0 Å². The maximum absolute atomic E-state index is 12.7. The number of anilines is 1. The Morgan fingerprint density at radius 1 is 1.45 bits per heavy atom. The molecule has 1 aliphatic heterocycles. The summed E-state index contributed by atoms with van der Waals surface area (Å²) < 4.78 is 12.7. The second kappa shape index (κ2) is 6.84. The number of aryl methyl sites for hydroxylation is 2. The molecule has 1 heterocycles. The summed E-state index contributed by atoms with van der Waals surface area (Å²) in [5, 5.41) is 2.96. The highest BCUT2D eigenvalue weighted by Gasteiger charge is 2.21. The van der Waals surface area contributed by atoms with Crippen LogP contribution in [0.3, 0.4) is 0 Å². The molecular formula is C16H23FN2O. The SMILES string of the molecule is Cc1ccc(C)c(NC(=O)CN2CCCC(CF)C2)c1. The van der Waals surface area contributed by atoms with Gasteiger partial charge in [-0.1, -0.05) is 12.1 Å². The number of nitrogens with one attached hydrogen (secondary N) is 1. The molecule has 1 fully saturated rings. The molecule has 1 amide bonds. The summed E-state index contributed by atoms with van der Waals surface area (Å²) in [6.07, 6.45) is 1.91. The summed E-state index contributed by atoms with van der Waals surface area (Å²) in [6, 6.07) is 6.01. The minimum absolute atomic E-state index is 0.0155. The average molecular weight is 278 g/mol. The third-order valence-electron chi connectivity index (χ3n) is 3.86. The number of carbonyl (C=O) groups excluding carboxylic acids is 1.